The van der Waals surface area contributed by atoms with Gasteiger partial charge in [-0.2, -0.15) is 0 Å². The van der Waals surface area contributed by atoms with Crippen molar-refractivity contribution in [3.8, 4) is 0 Å². The average Bonchev–Trinajstić information content (AvgIpc) is 2.49. The zero-order valence-electron chi connectivity index (χ0n) is 13.2. The number of hydrogen-bond acceptors (Lipinski definition) is 3. The van der Waals surface area contributed by atoms with E-state index in [1.165, 1.54) is 5.56 Å². The van der Waals surface area contributed by atoms with Crippen LogP contribution in [-0.4, -0.2) is 34.9 Å². The molecule has 1 N–H and O–H groups in total. The van der Waals surface area contributed by atoms with Crippen LogP contribution in [0.2, 0.25) is 0 Å². The second kappa shape index (κ2) is 9.34. The van der Waals surface area contributed by atoms with Crippen LogP contribution in [-0.2, 0) is 13.1 Å². The third kappa shape index (κ3) is 5.59. The number of halogens is 1. The molecule has 0 saturated carbocycles. The molecule has 2 rings (SSSR count). The zero-order chi connectivity index (χ0) is 15.1. The van der Waals surface area contributed by atoms with Crippen molar-refractivity contribution in [3.05, 3.63) is 59.7 Å². The Balaban J connectivity index is 0.00000242. The summed E-state index contributed by atoms with van der Waals surface area (Å²) in [7, 11) is 3.81. The third-order valence-electron chi connectivity index (χ3n) is 3.10. The van der Waals surface area contributed by atoms with Crippen LogP contribution in [0.1, 0.15) is 17.1 Å². The van der Waals surface area contributed by atoms with Gasteiger partial charge in [0.25, 0.3) is 0 Å². The largest absolute Gasteiger partial charge is 0.351 e. The van der Waals surface area contributed by atoms with Gasteiger partial charge >= 0.3 is 0 Å². The van der Waals surface area contributed by atoms with Crippen LogP contribution in [0.3, 0.4) is 0 Å². The standard InChI is InChI=1S/C16H21N5.HI/c1-13-18-10-9-15(20-13)11-19-16(17-2)21(3)12-14-7-5-4-6-8-14;/h4-10H,11-12H2,1-3H3,(H,17,19);1H. The lowest BCUT2D eigenvalue weighted by atomic mass is 10.2. The summed E-state index contributed by atoms with van der Waals surface area (Å²) in [5.41, 5.74) is 2.21. The van der Waals surface area contributed by atoms with Gasteiger partial charge in [-0.15, -0.1) is 24.0 Å². The van der Waals surface area contributed by atoms with Crippen LogP contribution in [0.5, 0.6) is 0 Å². The maximum Gasteiger partial charge on any atom is 0.194 e. The Morgan fingerprint density at radius 2 is 1.95 bits per heavy atom. The fourth-order valence-corrected chi connectivity index (χ4v) is 2.09. The Labute approximate surface area is 148 Å². The van der Waals surface area contributed by atoms with Gasteiger partial charge in [-0.25, -0.2) is 9.97 Å². The fourth-order valence-electron chi connectivity index (χ4n) is 2.09. The van der Waals surface area contributed by atoms with Gasteiger partial charge in [0.1, 0.15) is 5.82 Å². The highest BCUT2D eigenvalue weighted by Gasteiger charge is 2.06. The number of aliphatic imine (C=N–C) groups is 1. The highest BCUT2D eigenvalue weighted by atomic mass is 127. The first-order chi connectivity index (χ1) is 10.2. The van der Waals surface area contributed by atoms with E-state index in [1.807, 2.05) is 38.2 Å². The van der Waals surface area contributed by atoms with Crippen LogP contribution in [0.4, 0.5) is 0 Å². The Bertz CT molecular complexity index is 600. The summed E-state index contributed by atoms with van der Waals surface area (Å²) in [6.07, 6.45) is 1.77. The molecule has 6 heteroatoms. The monoisotopic (exact) mass is 411 g/mol. The summed E-state index contributed by atoms with van der Waals surface area (Å²) < 4.78 is 0. The number of rotatable bonds is 4. The number of benzene rings is 1. The summed E-state index contributed by atoms with van der Waals surface area (Å²) in [5.74, 6) is 1.62. The molecule has 0 aliphatic rings. The smallest absolute Gasteiger partial charge is 0.194 e. The molecule has 1 heterocycles. The molecule has 1 aromatic carbocycles. The normalized spacial score (nSPS) is 10.8. The topological polar surface area (TPSA) is 53.4 Å². The van der Waals surface area contributed by atoms with Crippen LogP contribution in [0.15, 0.2) is 47.6 Å². The van der Waals surface area contributed by atoms with Crippen molar-refractivity contribution in [2.45, 2.75) is 20.0 Å². The summed E-state index contributed by atoms with van der Waals surface area (Å²) in [5, 5.41) is 3.32. The van der Waals surface area contributed by atoms with Crippen molar-refractivity contribution in [2.75, 3.05) is 14.1 Å². The lowest BCUT2D eigenvalue weighted by Crippen LogP contribution is -2.38. The molecule has 22 heavy (non-hydrogen) atoms. The molecular weight excluding hydrogens is 389 g/mol. The second-order valence-electron chi connectivity index (χ2n) is 4.84. The first-order valence-corrected chi connectivity index (χ1v) is 6.93. The lowest BCUT2D eigenvalue weighted by molar-refractivity contribution is 0.476. The molecule has 0 aliphatic heterocycles. The molecule has 0 aliphatic carbocycles. The first-order valence-electron chi connectivity index (χ1n) is 6.93. The number of nitrogens with one attached hydrogen (secondary N) is 1. The van der Waals surface area contributed by atoms with Crippen molar-refractivity contribution >= 4 is 29.9 Å². The van der Waals surface area contributed by atoms with E-state index in [9.17, 15) is 0 Å². The van der Waals surface area contributed by atoms with Gasteiger partial charge in [0.15, 0.2) is 5.96 Å². The van der Waals surface area contributed by atoms with Gasteiger partial charge in [0.05, 0.1) is 12.2 Å². The van der Waals surface area contributed by atoms with Gasteiger partial charge in [-0.05, 0) is 18.6 Å². The molecule has 0 bridgehead atoms. The van der Waals surface area contributed by atoms with Gasteiger partial charge in [0, 0.05) is 26.8 Å². The molecular formula is C16H22IN5. The van der Waals surface area contributed by atoms with E-state index in [-0.39, 0.29) is 24.0 Å². The highest BCUT2D eigenvalue weighted by molar-refractivity contribution is 14.0. The molecule has 0 radical (unpaired) electrons. The summed E-state index contributed by atoms with van der Waals surface area (Å²) in [6.45, 7) is 3.33. The molecule has 0 fully saturated rings. The van der Waals surface area contributed by atoms with E-state index in [2.05, 4.69) is 37.3 Å². The van der Waals surface area contributed by atoms with Gasteiger partial charge < -0.3 is 10.2 Å². The second-order valence-corrected chi connectivity index (χ2v) is 4.84. The zero-order valence-corrected chi connectivity index (χ0v) is 15.5. The molecule has 1 aromatic heterocycles. The van der Waals surface area contributed by atoms with Gasteiger partial charge in [0.2, 0.25) is 0 Å². The molecule has 0 amide bonds. The van der Waals surface area contributed by atoms with Gasteiger partial charge in [-0.1, -0.05) is 30.3 Å². The number of aryl methyl sites for hydroxylation is 1. The van der Waals surface area contributed by atoms with Crippen molar-refractivity contribution < 1.29 is 0 Å². The maximum atomic E-state index is 4.38. The van der Waals surface area contributed by atoms with Gasteiger partial charge in [-0.3, -0.25) is 4.99 Å². The number of guanidine groups is 1. The molecule has 0 atom stereocenters. The minimum Gasteiger partial charge on any atom is -0.351 e. The minimum atomic E-state index is 0. The number of hydrogen-bond donors (Lipinski definition) is 1. The fraction of sp³-hybridized carbons (Fsp3) is 0.312. The lowest BCUT2D eigenvalue weighted by Gasteiger charge is -2.22. The molecule has 2 aromatic rings. The Kier molecular flexibility index (Phi) is 7.79. The summed E-state index contributed by atoms with van der Waals surface area (Å²) in [4.78, 5) is 14.9. The van der Waals surface area contributed by atoms with E-state index in [1.54, 1.807) is 13.2 Å². The highest BCUT2D eigenvalue weighted by Crippen LogP contribution is 2.03. The van der Waals surface area contributed by atoms with E-state index in [0.29, 0.717) is 6.54 Å². The van der Waals surface area contributed by atoms with Crippen molar-refractivity contribution in [3.63, 3.8) is 0 Å². The first kappa shape index (κ1) is 18.3. The van der Waals surface area contributed by atoms with Crippen molar-refractivity contribution in [2.24, 2.45) is 4.99 Å². The van der Waals surface area contributed by atoms with E-state index >= 15 is 0 Å². The minimum absolute atomic E-state index is 0. The molecule has 5 nitrogen and oxygen atoms in total. The average molecular weight is 411 g/mol. The number of aromatic nitrogens is 2. The molecule has 0 unspecified atom stereocenters. The SMILES string of the molecule is CN=C(NCc1ccnc(C)n1)N(C)Cc1ccccc1.I. The summed E-state index contributed by atoms with van der Waals surface area (Å²) >= 11 is 0. The Morgan fingerprint density at radius 3 is 2.59 bits per heavy atom. The predicted molar refractivity (Wildman–Crippen MR) is 100 cm³/mol. The third-order valence-corrected chi connectivity index (χ3v) is 3.10. The molecule has 118 valence electrons. The Morgan fingerprint density at radius 1 is 1.23 bits per heavy atom. The molecule has 0 spiro atoms. The maximum absolute atomic E-state index is 4.38. The van der Waals surface area contributed by atoms with Crippen LogP contribution >= 0.6 is 24.0 Å². The van der Waals surface area contributed by atoms with E-state index < -0.39 is 0 Å². The predicted octanol–water partition coefficient (Wildman–Crippen LogP) is 2.61. The van der Waals surface area contributed by atoms with Crippen LogP contribution in [0, 0.1) is 6.92 Å². The summed E-state index contributed by atoms with van der Waals surface area (Å²) in [6, 6.07) is 12.2. The van der Waals surface area contributed by atoms with E-state index in [0.717, 1.165) is 24.0 Å². The van der Waals surface area contributed by atoms with Crippen molar-refractivity contribution in [1.82, 2.24) is 20.2 Å². The molecule has 0 saturated heterocycles. The van der Waals surface area contributed by atoms with Crippen molar-refractivity contribution in [1.29, 1.82) is 0 Å². The Hall–Kier alpha value is -1.70. The quantitative estimate of drug-likeness (QED) is 0.478. The number of nitrogens with zero attached hydrogens (tertiary/aromatic N) is 4. The van der Waals surface area contributed by atoms with E-state index in [4.69, 9.17) is 0 Å². The van der Waals surface area contributed by atoms with Crippen LogP contribution < -0.4 is 5.32 Å². The van der Waals surface area contributed by atoms with Crippen LogP contribution in [0.25, 0.3) is 0 Å².